The Hall–Kier alpha value is -0.940. The van der Waals surface area contributed by atoms with Crippen LogP contribution in [0.3, 0.4) is 0 Å². The highest BCUT2D eigenvalue weighted by molar-refractivity contribution is 7.99. The summed E-state index contributed by atoms with van der Waals surface area (Å²) in [6.45, 7) is 1.69. The van der Waals surface area contributed by atoms with E-state index in [1.165, 1.54) is 31.5 Å². The molecule has 5 heteroatoms. The van der Waals surface area contributed by atoms with Crippen molar-refractivity contribution in [1.29, 1.82) is 0 Å². The van der Waals surface area contributed by atoms with Gasteiger partial charge in [0.05, 0.1) is 13.7 Å². The summed E-state index contributed by atoms with van der Waals surface area (Å²) in [5, 5.41) is 3.39. The van der Waals surface area contributed by atoms with Crippen molar-refractivity contribution in [1.82, 2.24) is 5.32 Å². The van der Waals surface area contributed by atoms with E-state index in [1.807, 2.05) is 17.8 Å². The summed E-state index contributed by atoms with van der Waals surface area (Å²) < 4.78 is 9.98. The lowest BCUT2D eigenvalue weighted by molar-refractivity contribution is 0.0563. The zero-order valence-electron chi connectivity index (χ0n) is 10.6. The van der Waals surface area contributed by atoms with E-state index in [9.17, 15) is 4.79 Å². The van der Waals surface area contributed by atoms with E-state index in [0.717, 1.165) is 18.2 Å². The number of esters is 1. The number of nitrogens with one attached hydrogen (secondary N) is 1. The molecule has 0 aromatic carbocycles. The van der Waals surface area contributed by atoms with Crippen molar-refractivity contribution < 1.29 is 13.9 Å². The molecule has 2 rings (SSSR count). The predicted molar refractivity (Wildman–Crippen MR) is 71.8 cm³/mol. The summed E-state index contributed by atoms with van der Waals surface area (Å²) in [4.78, 5) is 11.2. The molecule has 1 aliphatic heterocycles. The maximum Gasteiger partial charge on any atom is 0.373 e. The van der Waals surface area contributed by atoms with E-state index in [-0.39, 0.29) is 5.76 Å². The van der Waals surface area contributed by atoms with E-state index in [2.05, 4.69) is 10.1 Å². The Labute approximate surface area is 111 Å². The van der Waals surface area contributed by atoms with Crippen LogP contribution in [-0.4, -0.2) is 31.1 Å². The minimum absolute atomic E-state index is 0.267. The Morgan fingerprint density at radius 1 is 1.50 bits per heavy atom. The van der Waals surface area contributed by atoms with Crippen LogP contribution < -0.4 is 5.32 Å². The summed E-state index contributed by atoms with van der Waals surface area (Å²) in [6, 6.07) is 3.47. The molecule has 1 aromatic rings. The maximum atomic E-state index is 11.2. The van der Waals surface area contributed by atoms with Crippen molar-refractivity contribution in [3.8, 4) is 0 Å². The smallest absolute Gasteiger partial charge is 0.373 e. The number of rotatable bonds is 5. The molecule has 1 aromatic heterocycles. The van der Waals surface area contributed by atoms with E-state index < -0.39 is 5.97 Å². The van der Waals surface area contributed by atoms with Gasteiger partial charge in [-0.1, -0.05) is 0 Å². The van der Waals surface area contributed by atoms with Gasteiger partial charge in [-0.15, -0.1) is 0 Å². The van der Waals surface area contributed by atoms with Gasteiger partial charge in [-0.05, 0) is 48.9 Å². The Morgan fingerprint density at radius 2 is 2.28 bits per heavy atom. The quantitative estimate of drug-likeness (QED) is 0.831. The molecule has 1 saturated heterocycles. The fraction of sp³-hybridized carbons (Fsp3) is 0.615. The number of hydrogen-bond acceptors (Lipinski definition) is 5. The fourth-order valence-electron chi connectivity index (χ4n) is 2.03. The first-order valence-corrected chi connectivity index (χ1v) is 7.40. The van der Waals surface area contributed by atoms with Crippen molar-refractivity contribution in [2.45, 2.75) is 19.4 Å². The number of carbonyl (C=O) groups is 1. The number of methoxy groups -OCH3 is 1. The molecule has 0 radical (unpaired) electrons. The zero-order chi connectivity index (χ0) is 12.8. The zero-order valence-corrected chi connectivity index (χ0v) is 11.4. The molecule has 4 nitrogen and oxygen atoms in total. The molecule has 0 unspecified atom stereocenters. The molecule has 100 valence electrons. The van der Waals surface area contributed by atoms with Gasteiger partial charge in [0.15, 0.2) is 0 Å². The van der Waals surface area contributed by atoms with Crippen LogP contribution in [0, 0.1) is 5.92 Å². The highest BCUT2D eigenvalue weighted by Gasteiger charge is 2.14. The van der Waals surface area contributed by atoms with E-state index in [0.29, 0.717) is 6.54 Å². The first kappa shape index (κ1) is 13.5. The molecule has 18 heavy (non-hydrogen) atoms. The van der Waals surface area contributed by atoms with Crippen LogP contribution in [0.25, 0.3) is 0 Å². The molecule has 1 N–H and O–H groups in total. The van der Waals surface area contributed by atoms with Crippen molar-refractivity contribution in [2.75, 3.05) is 25.2 Å². The van der Waals surface area contributed by atoms with Crippen LogP contribution in [0.1, 0.15) is 29.2 Å². The lowest BCUT2D eigenvalue weighted by atomic mass is 10.0. The fourth-order valence-corrected chi connectivity index (χ4v) is 3.24. The number of ether oxygens (including phenoxy) is 1. The third-order valence-electron chi connectivity index (χ3n) is 3.12. The average molecular weight is 269 g/mol. The van der Waals surface area contributed by atoms with Crippen molar-refractivity contribution in [2.24, 2.45) is 5.92 Å². The summed E-state index contributed by atoms with van der Waals surface area (Å²) in [6.07, 6.45) is 2.59. The molecule has 0 amide bonds. The molecule has 0 aliphatic carbocycles. The minimum Gasteiger partial charge on any atom is -0.463 e. The van der Waals surface area contributed by atoms with Gasteiger partial charge >= 0.3 is 5.97 Å². The standard InChI is InChI=1S/C13H19NO3S/c1-16-13(15)12-3-2-11(17-12)9-14-8-10-4-6-18-7-5-10/h2-3,10,14H,4-9H2,1H3. The van der Waals surface area contributed by atoms with Crippen LogP contribution in [0.15, 0.2) is 16.5 Å². The average Bonchev–Trinajstić information content (AvgIpc) is 2.88. The van der Waals surface area contributed by atoms with Crippen LogP contribution in [0.5, 0.6) is 0 Å². The molecule has 0 spiro atoms. The topological polar surface area (TPSA) is 51.5 Å². The largest absolute Gasteiger partial charge is 0.463 e. The minimum atomic E-state index is -0.425. The summed E-state index contributed by atoms with van der Waals surface area (Å²) >= 11 is 2.04. The molecular formula is C13H19NO3S. The maximum absolute atomic E-state index is 11.2. The monoisotopic (exact) mass is 269 g/mol. The van der Waals surface area contributed by atoms with E-state index in [4.69, 9.17) is 4.42 Å². The van der Waals surface area contributed by atoms with Crippen LogP contribution >= 0.6 is 11.8 Å². The van der Waals surface area contributed by atoms with Gasteiger partial charge in [0, 0.05) is 0 Å². The third-order valence-corrected chi connectivity index (χ3v) is 4.17. The van der Waals surface area contributed by atoms with Gasteiger partial charge in [-0.25, -0.2) is 4.79 Å². The third kappa shape index (κ3) is 3.78. The normalized spacial score (nSPS) is 16.7. The van der Waals surface area contributed by atoms with E-state index >= 15 is 0 Å². The number of thioether (sulfide) groups is 1. The van der Waals surface area contributed by atoms with Crippen molar-refractivity contribution in [3.63, 3.8) is 0 Å². The summed E-state index contributed by atoms with van der Waals surface area (Å²) in [7, 11) is 1.35. The number of furan rings is 1. The molecule has 2 heterocycles. The second-order valence-electron chi connectivity index (χ2n) is 4.44. The molecule has 0 saturated carbocycles. The van der Waals surface area contributed by atoms with Gasteiger partial charge in [0.25, 0.3) is 0 Å². The van der Waals surface area contributed by atoms with Crippen LogP contribution in [0.2, 0.25) is 0 Å². The van der Waals surface area contributed by atoms with Crippen molar-refractivity contribution in [3.05, 3.63) is 23.7 Å². The van der Waals surface area contributed by atoms with Gasteiger partial charge in [0.1, 0.15) is 5.76 Å². The first-order chi connectivity index (χ1) is 8.79. The van der Waals surface area contributed by atoms with Gasteiger partial charge in [-0.2, -0.15) is 11.8 Å². The Kier molecular flexibility index (Phi) is 5.13. The second kappa shape index (κ2) is 6.85. The lowest BCUT2D eigenvalue weighted by Gasteiger charge is -2.21. The van der Waals surface area contributed by atoms with Gasteiger partial charge < -0.3 is 14.5 Å². The summed E-state index contributed by atoms with van der Waals surface area (Å²) in [5.74, 6) is 3.95. The molecule has 1 fully saturated rings. The molecule has 0 atom stereocenters. The molecular weight excluding hydrogens is 250 g/mol. The number of hydrogen-bond donors (Lipinski definition) is 1. The number of carbonyl (C=O) groups excluding carboxylic acids is 1. The summed E-state index contributed by atoms with van der Waals surface area (Å²) in [5.41, 5.74) is 0. The first-order valence-electron chi connectivity index (χ1n) is 6.25. The second-order valence-corrected chi connectivity index (χ2v) is 5.67. The van der Waals surface area contributed by atoms with Crippen LogP contribution in [0.4, 0.5) is 0 Å². The molecule has 0 bridgehead atoms. The van der Waals surface area contributed by atoms with E-state index in [1.54, 1.807) is 6.07 Å². The van der Waals surface area contributed by atoms with Gasteiger partial charge in [-0.3, -0.25) is 0 Å². The Bertz CT molecular complexity index is 385. The highest BCUT2D eigenvalue weighted by atomic mass is 32.2. The Morgan fingerprint density at radius 3 is 3.00 bits per heavy atom. The van der Waals surface area contributed by atoms with Gasteiger partial charge in [0.2, 0.25) is 5.76 Å². The van der Waals surface area contributed by atoms with Crippen LogP contribution in [-0.2, 0) is 11.3 Å². The molecule has 1 aliphatic rings. The lowest BCUT2D eigenvalue weighted by Crippen LogP contribution is -2.25. The highest BCUT2D eigenvalue weighted by Crippen LogP contribution is 2.22. The predicted octanol–water partition coefficient (Wildman–Crippen LogP) is 2.30. The van der Waals surface area contributed by atoms with Crippen molar-refractivity contribution >= 4 is 17.7 Å². The Balaban J connectivity index is 1.72. The SMILES string of the molecule is COC(=O)c1ccc(CNCC2CCSCC2)o1.